The van der Waals surface area contributed by atoms with Crippen LogP contribution >= 0.6 is 0 Å². The van der Waals surface area contributed by atoms with E-state index in [4.69, 9.17) is 4.42 Å². The van der Waals surface area contributed by atoms with Crippen molar-refractivity contribution in [3.8, 4) is 0 Å². The van der Waals surface area contributed by atoms with Crippen LogP contribution in [0.25, 0.3) is 11.1 Å². The fourth-order valence-corrected chi connectivity index (χ4v) is 2.23. The lowest BCUT2D eigenvalue weighted by Crippen LogP contribution is -2.43. The van der Waals surface area contributed by atoms with E-state index >= 15 is 0 Å². The molecule has 1 atom stereocenters. The van der Waals surface area contributed by atoms with Crippen LogP contribution in [0.2, 0.25) is 0 Å². The van der Waals surface area contributed by atoms with Crippen LogP contribution in [0.4, 0.5) is 4.39 Å². The van der Waals surface area contributed by atoms with Gasteiger partial charge in [0, 0.05) is 12.5 Å². The first kappa shape index (κ1) is 11.6. The number of hydrogen-bond donors (Lipinski definition) is 1. The van der Waals surface area contributed by atoms with E-state index in [1.807, 2.05) is 0 Å². The number of piperidine rings is 1. The third-order valence-corrected chi connectivity index (χ3v) is 3.10. The number of hydrogen-bond acceptors (Lipinski definition) is 4. The summed E-state index contributed by atoms with van der Waals surface area (Å²) in [5.41, 5.74) is 0.413. The first-order valence-electron chi connectivity index (χ1n) is 5.70. The first-order valence-corrected chi connectivity index (χ1v) is 5.70. The van der Waals surface area contributed by atoms with Gasteiger partial charge in [0.05, 0.1) is 5.52 Å². The van der Waals surface area contributed by atoms with Crippen LogP contribution in [0.15, 0.2) is 27.4 Å². The van der Waals surface area contributed by atoms with Crippen molar-refractivity contribution >= 4 is 22.9 Å². The minimum Gasteiger partial charge on any atom is -0.408 e. The van der Waals surface area contributed by atoms with Crippen LogP contribution in [-0.2, 0) is 9.59 Å². The molecule has 1 aliphatic heterocycles. The molecule has 0 saturated carbocycles. The Bertz CT molecular complexity index is 746. The van der Waals surface area contributed by atoms with Gasteiger partial charge in [-0.25, -0.2) is 9.18 Å². The second-order valence-corrected chi connectivity index (χ2v) is 4.32. The largest absolute Gasteiger partial charge is 0.420 e. The average Bonchev–Trinajstić information content (AvgIpc) is 2.65. The summed E-state index contributed by atoms with van der Waals surface area (Å²) < 4.78 is 19.3. The Labute approximate surface area is 105 Å². The number of amides is 2. The molecular formula is C12H9FN2O4. The van der Waals surface area contributed by atoms with Crippen molar-refractivity contribution in [1.82, 2.24) is 9.88 Å². The quantitative estimate of drug-likeness (QED) is 0.769. The zero-order valence-corrected chi connectivity index (χ0v) is 9.68. The molecule has 98 valence electrons. The normalized spacial score (nSPS) is 19.7. The molecule has 19 heavy (non-hydrogen) atoms. The Morgan fingerprint density at radius 1 is 1.32 bits per heavy atom. The zero-order chi connectivity index (χ0) is 13.6. The number of aromatic nitrogens is 1. The number of carbonyl (C=O) groups is 2. The summed E-state index contributed by atoms with van der Waals surface area (Å²) >= 11 is 0. The van der Waals surface area contributed by atoms with Gasteiger partial charge in [-0.15, -0.1) is 0 Å². The molecule has 0 aliphatic carbocycles. The molecule has 1 fully saturated rings. The topological polar surface area (TPSA) is 81.3 Å². The Kier molecular flexibility index (Phi) is 2.48. The summed E-state index contributed by atoms with van der Waals surface area (Å²) in [5, 5.41) is 2.15. The summed E-state index contributed by atoms with van der Waals surface area (Å²) in [7, 11) is 0. The van der Waals surface area contributed by atoms with Gasteiger partial charge in [-0.2, -0.15) is 0 Å². The van der Waals surface area contributed by atoms with E-state index < -0.39 is 23.5 Å². The van der Waals surface area contributed by atoms with Crippen LogP contribution in [0.1, 0.15) is 18.9 Å². The molecule has 3 rings (SSSR count). The number of imide groups is 1. The standard InChI is InChI=1S/C12H9FN2O4/c13-6-1-3-9-8(5-6)15(12(18)19-9)7-2-4-10(16)14-11(7)17/h1,3,5,7H,2,4H2,(H,14,16,17). The second-order valence-electron chi connectivity index (χ2n) is 4.32. The van der Waals surface area contributed by atoms with E-state index in [2.05, 4.69) is 5.32 Å². The van der Waals surface area contributed by atoms with Gasteiger partial charge in [-0.1, -0.05) is 0 Å². The molecule has 1 aromatic heterocycles. The number of nitrogens with one attached hydrogen (secondary N) is 1. The van der Waals surface area contributed by atoms with Crippen LogP contribution < -0.4 is 11.1 Å². The highest BCUT2D eigenvalue weighted by Gasteiger charge is 2.31. The van der Waals surface area contributed by atoms with Gasteiger partial charge in [-0.3, -0.25) is 19.5 Å². The van der Waals surface area contributed by atoms with Crippen molar-refractivity contribution in [2.45, 2.75) is 18.9 Å². The number of rotatable bonds is 1. The maximum Gasteiger partial charge on any atom is 0.420 e. The molecule has 2 amide bonds. The number of fused-ring (bicyclic) bond motifs is 1. The average molecular weight is 264 g/mol. The summed E-state index contributed by atoms with van der Waals surface area (Å²) in [4.78, 5) is 34.6. The minimum absolute atomic E-state index is 0.130. The maximum absolute atomic E-state index is 13.2. The summed E-state index contributed by atoms with van der Waals surface area (Å²) in [5.74, 6) is -2.23. The molecule has 7 heteroatoms. The van der Waals surface area contributed by atoms with Gasteiger partial charge in [0.25, 0.3) is 0 Å². The highest BCUT2D eigenvalue weighted by molar-refractivity contribution is 6.00. The number of nitrogens with zero attached hydrogens (tertiary/aromatic N) is 1. The molecule has 1 N–H and O–H groups in total. The van der Waals surface area contributed by atoms with Gasteiger partial charge in [0.15, 0.2) is 5.58 Å². The molecule has 2 aromatic rings. The molecule has 1 aliphatic rings. The number of oxazole rings is 1. The SMILES string of the molecule is O=C1CCC(n2c(=O)oc3ccc(F)cc32)C(=O)N1. The Hall–Kier alpha value is -2.44. The summed E-state index contributed by atoms with van der Waals surface area (Å²) in [6.45, 7) is 0. The predicted molar refractivity (Wildman–Crippen MR) is 61.9 cm³/mol. The van der Waals surface area contributed by atoms with Crippen molar-refractivity contribution < 1.29 is 18.4 Å². The van der Waals surface area contributed by atoms with E-state index in [-0.39, 0.29) is 29.8 Å². The van der Waals surface area contributed by atoms with E-state index in [9.17, 15) is 18.8 Å². The molecule has 6 nitrogen and oxygen atoms in total. The van der Waals surface area contributed by atoms with Crippen molar-refractivity contribution in [3.63, 3.8) is 0 Å². The Morgan fingerprint density at radius 2 is 2.11 bits per heavy atom. The van der Waals surface area contributed by atoms with E-state index in [0.29, 0.717) is 0 Å². The third kappa shape index (κ3) is 1.83. The monoisotopic (exact) mass is 264 g/mol. The number of carbonyl (C=O) groups excluding carboxylic acids is 2. The Balaban J connectivity index is 2.17. The van der Waals surface area contributed by atoms with Crippen molar-refractivity contribution in [1.29, 1.82) is 0 Å². The summed E-state index contributed by atoms with van der Waals surface area (Å²) in [6.07, 6.45) is 0.320. The lowest BCUT2D eigenvalue weighted by atomic mass is 10.1. The first-order chi connectivity index (χ1) is 9.06. The fourth-order valence-electron chi connectivity index (χ4n) is 2.23. The van der Waals surface area contributed by atoms with Crippen molar-refractivity contribution in [2.24, 2.45) is 0 Å². The van der Waals surface area contributed by atoms with Gasteiger partial charge in [0.1, 0.15) is 11.9 Å². The van der Waals surface area contributed by atoms with Crippen molar-refractivity contribution in [3.05, 3.63) is 34.6 Å². The number of halogens is 1. The third-order valence-electron chi connectivity index (χ3n) is 3.10. The van der Waals surface area contributed by atoms with Crippen LogP contribution in [-0.4, -0.2) is 16.4 Å². The predicted octanol–water partition coefficient (Wildman–Crippen LogP) is 0.711. The molecule has 0 spiro atoms. The molecular weight excluding hydrogens is 255 g/mol. The second kappa shape index (κ2) is 4.04. The number of benzene rings is 1. The highest BCUT2D eigenvalue weighted by atomic mass is 19.1. The molecule has 0 radical (unpaired) electrons. The zero-order valence-electron chi connectivity index (χ0n) is 9.68. The van der Waals surface area contributed by atoms with Crippen molar-refractivity contribution in [2.75, 3.05) is 0 Å². The van der Waals surface area contributed by atoms with E-state index in [0.717, 1.165) is 10.6 Å². The molecule has 1 saturated heterocycles. The lowest BCUT2D eigenvalue weighted by Gasteiger charge is -2.21. The smallest absolute Gasteiger partial charge is 0.408 e. The molecule has 1 aromatic carbocycles. The molecule has 2 heterocycles. The Morgan fingerprint density at radius 3 is 2.84 bits per heavy atom. The maximum atomic E-state index is 13.2. The molecule has 1 unspecified atom stereocenters. The van der Waals surface area contributed by atoms with Crippen LogP contribution in [0.5, 0.6) is 0 Å². The van der Waals surface area contributed by atoms with Gasteiger partial charge in [0.2, 0.25) is 11.8 Å². The van der Waals surface area contributed by atoms with Gasteiger partial charge >= 0.3 is 5.76 Å². The van der Waals surface area contributed by atoms with E-state index in [1.54, 1.807) is 0 Å². The molecule has 0 bridgehead atoms. The van der Waals surface area contributed by atoms with E-state index in [1.165, 1.54) is 12.1 Å². The van der Waals surface area contributed by atoms with Gasteiger partial charge < -0.3 is 4.42 Å². The van der Waals surface area contributed by atoms with Gasteiger partial charge in [-0.05, 0) is 18.6 Å². The van der Waals surface area contributed by atoms with Crippen LogP contribution in [0, 0.1) is 5.82 Å². The fraction of sp³-hybridized carbons (Fsp3) is 0.250. The summed E-state index contributed by atoms with van der Waals surface area (Å²) in [6, 6.07) is 2.77. The lowest BCUT2D eigenvalue weighted by molar-refractivity contribution is -0.135. The minimum atomic E-state index is -0.853. The highest BCUT2D eigenvalue weighted by Crippen LogP contribution is 2.23. The van der Waals surface area contributed by atoms with Crippen LogP contribution in [0.3, 0.4) is 0 Å².